The molecule has 0 bridgehead atoms. The molecule has 1 N–H and O–H groups in total. The van der Waals surface area contributed by atoms with Crippen LogP contribution in [-0.4, -0.2) is 26.7 Å². The fraction of sp³-hybridized carbons (Fsp3) is 0.111. The van der Waals surface area contributed by atoms with E-state index in [1.165, 1.54) is 53.6 Å². The molecule has 0 saturated carbocycles. The van der Waals surface area contributed by atoms with Crippen molar-refractivity contribution in [1.82, 2.24) is 14.9 Å². The van der Waals surface area contributed by atoms with E-state index in [0.717, 1.165) is 12.1 Å². The Bertz CT molecular complexity index is 1040. The molecule has 0 unspecified atom stereocenters. The molecule has 0 aliphatic rings. The first kappa shape index (κ1) is 19.9. The number of halogens is 3. The molecule has 11 heteroatoms. The molecule has 8 nitrogen and oxygen atoms in total. The molecule has 3 aromatic rings. The molecule has 150 valence electrons. The minimum absolute atomic E-state index is 0.0187. The predicted molar refractivity (Wildman–Crippen MR) is 94.5 cm³/mol. The van der Waals surface area contributed by atoms with Crippen molar-refractivity contribution < 1.29 is 27.6 Å². The lowest BCUT2D eigenvalue weighted by molar-refractivity contribution is -0.384. The van der Waals surface area contributed by atoms with E-state index in [-0.39, 0.29) is 29.0 Å². The Labute approximate surface area is 161 Å². The Kier molecular flexibility index (Phi) is 5.48. The number of nitrogens with one attached hydrogen (secondary N) is 1. The number of amides is 1. The molecule has 1 aromatic heterocycles. The van der Waals surface area contributed by atoms with Gasteiger partial charge in [-0.05, 0) is 18.2 Å². The van der Waals surface area contributed by atoms with Crippen molar-refractivity contribution in [2.45, 2.75) is 12.9 Å². The molecule has 2 aromatic carbocycles. The van der Waals surface area contributed by atoms with E-state index in [1.54, 1.807) is 0 Å². The number of hydrogen-bond acceptors (Lipinski definition) is 5. The molecule has 3 rings (SSSR count). The van der Waals surface area contributed by atoms with Crippen molar-refractivity contribution in [3.05, 3.63) is 82.4 Å². The van der Waals surface area contributed by atoms with Crippen molar-refractivity contribution in [3.8, 4) is 11.4 Å². The summed E-state index contributed by atoms with van der Waals surface area (Å²) in [6.07, 6.45) is -0.534. The van der Waals surface area contributed by atoms with Gasteiger partial charge in [-0.1, -0.05) is 18.2 Å². The van der Waals surface area contributed by atoms with E-state index < -0.39 is 22.9 Å². The number of para-hydroxylation sites is 1. The van der Waals surface area contributed by atoms with Crippen LogP contribution in [0.2, 0.25) is 0 Å². The van der Waals surface area contributed by atoms with Crippen LogP contribution in [0.15, 0.2) is 61.2 Å². The second-order valence-electron chi connectivity index (χ2n) is 5.77. The third-order valence-electron chi connectivity index (χ3n) is 3.85. The summed E-state index contributed by atoms with van der Waals surface area (Å²) in [5.41, 5.74) is -0.0260. The molecular formula is C18H13F3N4O4. The number of benzene rings is 2. The molecule has 0 saturated heterocycles. The van der Waals surface area contributed by atoms with Gasteiger partial charge in [0.2, 0.25) is 0 Å². The number of imidazole rings is 1. The van der Waals surface area contributed by atoms with Gasteiger partial charge in [0, 0.05) is 36.1 Å². The highest BCUT2D eigenvalue weighted by atomic mass is 19.4. The van der Waals surface area contributed by atoms with E-state index in [1.807, 2.05) is 0 Å². The summed E-state index contributed by atoms with van der Waals surface area (Å²) in [4.78, 5) is 26.9. The summed E-state index contributed by atoms with van der Waals surface area (Å²) in [5, 5.41) is 13.8. The number of rotatable bonds is 6. The van der Waals surface area contributed by atoms with Gasteiger partial charge in [0.05, 0.1) is 11.3 Å². The second-order valence-corrected chi connectivity index (χ2v) is 5.77. The minimum atomic E-state index is -4.87. The van der Waals surface area contributed by atoms with E-state index in [4.69, 9.17) is 0 Å². The first-order valence-corrected chi connectivity index (χ1v) is 8.13. The predicted octanol–water partition coefficient (Wildman–Crippen LogP) is 3.61. The standard InChI is InChI=1S/C18H13F3N4O4/c19-18(20,21)29-16-4-2-1-3-13(16)10-23-17(26)12-5-6-14(15(9-12)25(27)28)24-8-7-22-11-24/h1-9,11H,10H2,(H,23,26). The molecule has 0 aliphatic carbocycles. The first-order chi connectivity index (χ1) is 13.7. The fourth-order valence-corrected chi connectivity index (χ4v) is 2.58. The Morgan fingerprint density at radius 3 is 2.66 bits per heavy atom. The number of carbonyl (C=O) groups is 1. The van der Waals surface area contributed by atoms with Crippen molar-refractivity contribution in [1.29, 1.82) is 0 Å². The van der Waals surface area contributed by atoms with Gasteiger partial charge < -0.3 is 14.6 Å². The van der Waals surface area contributed by atoms with Crippen LogP contribution in [0, 0.1) is 10.1 Å². The topological polar surface area (TPSA) is 99.3 Å². The Morgan fingerprint density at radius 2 is 2.00 bits per heavy atom. The smallest absolute Gasteiger partial charge is 0.405 e. The highest BCUT2D eigenvalue weighted by Crippen LogP contribution is 2.27. The average molecular weight is 406 g/mol. The second kappa shape index (κ2) is 8.00. The van der Waals surface area contributed by atoms with Gasteiger partial charge in [-0.25, -0.2) is 4.98 Å². The molecule has 0 atom stereocenters. The van der Waals surface area contributed by atoms with Crippen LogP contribution in [0.5, 0.6) is 5.75 Å². The normalized spacial score (nSPS) is 11.1. The number of alkyl halides is 3. The summed E-state index contributed by atoms with van der Waals surface area (Å²) in [6.45, 7) is -0.262. The lowest BCUT2D eigenvalue weighted by Crippen LogP contribution is -2.24. The fourth-order valence-electron chi connectivity index (χ4n) is 2.58. The summed E-state index contributed by atoms with van der Waals surface area (Å²) in [7, 11) is 0. The zero-order valence-corrected chi connectivity index (χ0v) is 14.6. The summed E-state index contributed by atoms with van der Waals surface area (Å²) in [5.74, 6) is -1.13. The molecule has 0 spiro atoms. The third kappa shape index (κ3) is 4.89. The largest absolute Gasteiger partial charge is 0.573 e. The van der Waals surface area contributed by atoms with Gasteiger partial charge in [0.1, 0.15) is 11.4 Å². The summed E-state index contributed by atoms with van der Waals surface area (Å²) >= 11 is 0. The van der Waals surface area contributed by atoms with Crippen molar-refractivity contribution in [2.24, 2.45) is 0 Å². The van der Waals surface area contributed by atoms with Crippen LogP contribution >= 0.6 is 0 Å². The van der Waals surface area contributed by atoms with Crippen LogP contribution in [0.25, 0.3) is 5.69 Å². The van der Waals surface area contributed by atoms with Gasteiger partial charge in [-0.3, -0.25) is 14.9 Å². The highest BCUT2D eigenvalue weighted by Gasteiger charge is 2.32. The van der Waals surface area contributed by atoms with Crippen LogP contribution in [0.3, 0.4) is 0 Å². The lowest BCUT2D eigenvalue weighted by Gasteiger charge is -2.13. The van der Waals surface area contributed by atoms with E-state index in [0.29, 0.717) is 0 Å². The Hall–Kier alpha value is -3.89. The van der Waals surface area contributed by atoms with Crippen LogP contribution < -0.4 is 10.1 Å². The monoisotopic (exact) mass is 406 g/mol. The maximum Gasteiger partial charge on any atom is 0.573 e. The number of hydrogen-bond donors (Lipinski definition) is 1. The zero-order valence-electron chi connectivity index (χ0n) is 14.6. The Morgan fingerprint density at radius 1 is 1.24 bits per heavy atom. The van der Waals surface area contributed by atoms with Gasteiger partial charge in [-0.2, -0.15) is 0 Å². The average Bonchev–Trinajstić information content (AvgIpc) is 3.20. The highest BCUT2D eigenvalue weighted by molar-refractivity contribution is 5.95. The molecule has 0 radical (unpaired) electrons. The van der Waals surface area contributed by atoms with Gasteiger partial charge in [0.15, 0.2) is 0 Å². The van der Waals surface area contributed by atoms with Crippen molar-refractivity contribution in [2.75, 3.05) is 0 Å². The molecule has 29 heavy (non-hydrogen) atoms. The number of nitrogens with zero attached hydrogens (tertiary/aromatic N) is 3. The van der Waals surface area contributed by atoms with E-state index in [2.05, 4.69) is 15.0 Å². The van der Waals surface area contributed by atoms with Crippen LogP contribution in [0.1, 0.15) is 15.9 Å². The molecule has 1 amide bonds. The van der Waals surface area contributed by atoms with Crippen LogP contribution in [-0.2, 0) is 6.54 Å². The number of nitro groups is 1. The van der Waals surface area contributed by atoms with Crippen molar-refractivity contribution in [3.63, 3.8) is 0 Å². The SMILES string of the molecule is O=C(NCc1ccccc1OC(F)(F)F)c1ccc(-n2ccnc2)c([N+](=O)[O-])c1. The van der Waals surface area contributed by atoms with Gasteiger partial charge in [-0.15, -0.1) is 13.2 Å². The van der Waals surface area contributed by atoms with Crippen LogP contribution in [0.4, 0.5) is 18.9 Å². The minimum Gasteiger partial charge on any atom is -0.405 e. The molecule has 0 aliphatic heterocycles. The number of carbonyl (C=O) groups excluding carboxylic acids is 1. The van der Waals surface area contributed by atoms with Crippen molar-refractivity contribution >= 4 is 11.6 Å². The quantitative estimate of drug-likeness (QED) is 0.498. The van der Waals surface area contributed by atoms with Gasteiger partial charge in [0.25, 0.3) is 11.6 Å². The lowest BCUT2D eigenvalue weighted by atomic mass is 10.1. The van der Waals surface area contributed by atoms with E-state index >= 15 is 0 Å². The van der Waals surface area contributed by atoms with Gasteiger partial charge >= 0.3 is 6.36 Å². The Balaban J connectivity index is 1.79. The maximum atomic E-state index is 12.5. The molecule has 0 fully saturated rings. The summed E-state index contributed by atoms with van der Waals surface area (Å²) < 4.78 is 42.8. The number of nitro benzene ring substituents is 1. The first-order valence-electron chi connectivity index (χ1n) is 8.13. The van der Waals surface area contributed by atoms with E-state index in [9.17, 15) is 28.1 Å². The summed E-state index contributed by atoms with van der Waals surface area (Å²) in [6, 6.07) is 9.19. The third-order valence-corrected chi connectivity index (χ3v) is 3.85. The molecule has 1 heterocycles. The number of aromatic nitrogens is 2. The zero-order chi connectivity index (χ0) is 21.0. The molecular weight excluding hydrogens is 393 g/mol. The maximum absolute atomic E-state index is 12.5. The number of ether oxygens (including phenoxy) is 1.